The van der Waals surface area contributed by atoms with E-state index < -0.39 is 21.9 Å². The van der Waals surface area contributed by atoms with Crippen LogP contribution in [-0.2, 0) is 14.8 Å². The molecule has 0 unspecified atom stereocenters. The van der Waals surface area contributed by atoms with Crippen molar-refractivity contribution in [3.05, 3.63) is 54.3 Å². The number of rotatable bonds is 6. The van der Waals surface area contributed by atoms with Crippen LogP contribution < -0.4 is 14.4 Å². The van der Waals surface area contributed by atoms with Crippen LogP contribution in [0.5, 0.6) is 5.75 Å². The highest BCUT2D eigenvalue weighted by Gasteiger charge is 2.28. The van der Waals surface area contributed by atoms with Crippen LogP contribution in [0.3, 0.4) is 0 Å². The second kappa shape index (κ2) is 8.79. The third kappa shape index (κ3) is 5.04. The molecule has 1 N–H and O–H groups in total. The molecule has 0 spiro atoms. The maximum atomic E-state index is 13.0. The first-order valence-electron chi connectivity index (χ1n) is 9.26. The summed E-state index contributed by atoms with van der Waals surface area (Å²) in [6.45, 7) is 3.80. The highest BCUT2D eigenvalue weighted by atomic mass is 32.2. The predicted molar refractivity (Wildman–Crippen MR) is 108 cm³/mol. The Labute approximate surface area is 170 Å². The summed E-state index contributed by atoms with van der Waals surface area (Å²) in [5, 5.41) is 0. The lowest BCUT2D eigenvalue weighted by molar-refractivity contribution is -0.132. The van der Waals surface area contributed by atoms with Gasteiger partial charge in [-0.15, -0.1) is 0 Å². The summed E-state index contributed by atoms with van der Waals surface area (Å²) in [4.78, 5) is 16.4. The third-order valence-electron chi connectivity index (χ3n) is 4.86. The SMILES string of the molecule is COc1ccc(N2CCN(C(=O)[C@@H](C)NS(=O)(=O)c3ccc(F)cc3)CC2)cc1. The minimum Gasteiger partial charge on any atom is -0.497 e. The van der Waals surface area contributed by atoms with E-state index in [1.54, 1.807) is 12.0 Å². The Kier molecular flexibility index (Phi) is 6.39. The molecule has 2 aromatic carbocycles. The number of piperazine rings is 1. The molecule has 0 aromatic heterocycles. The molecule has 1 aliphatic heterocycles. The van der Waals surface area contributed by atoms with Crippen LogP contribution in [0.1, 0.15) is 6.92 Å². The van der Waals surface area contributed by atoms with E-state index in [2.05, 4.69) is 9.62 Å². The third-order valence-corrected chi connectivity index (χ3v) is 6.41. The van der Waals surface area contributed by atoms with E-state index in [1.807, 2.05) is 24.3 Å². The molecule has 9 heteroatoms. The van der Waals surface area contributed by atoms with Crippen molar-refractivity contribution in [2.24, 2.45) is 0 Å². The molecule has 7 nitrogen and oxygen atoms in total. The Hall–Kier alpha value is -2.65. The number of anilines is 1. The van der Waals surface area contributed by atoms with Gasteiger partial charge in [0.25, 0.3) is 0 Å². The van der Waals surface area contributed by atoms with E-state index in [1.165, 1.54) is 19.1 Å². The number of nitrogens with one attached hydrogen (secondary N) is 1. The maximum Gasteiger partial charge on any atom is 0.241 e. The molecular weight excluding hydrogens is 397 g/mol. The van der Waals surface area contributed by atoms with Gasteiger partial charge in [0.2, 0.25) is 15.9 Å². The van der Waals surface area contributed by atoms with Gasteiger partial charge in [-0.3, -0.25) is 4.79 Å². The Morgan fingerprint density at radius 2 is 1.62 bits per heavy atom. The molecule has 156 valence electrons. The van der Waals surface area contributed by atoms with Gasteiger partial charge >= 0.3 is 0 Å². The minimum atomic E-state index is -3.91. The van der Waals surface area contributed by atoms with Crippen LogP contribution in [0.4, 0.5) is 10.1 Å². The van der Waals surface area contributed by atoms with Crippen molar-refractivity contribution in [1.82, 2.24) is 9.62 Å². The fourth-order valence-electron chi connectivity index (χ4n) is 3.22. The average Bonchev–Trinajstić information content (AvgIpc) is 2.73. The molecule has 1 fully saturated rings. The van der Waals surface area contributed by atoms with Crippen LogP contribution in [0.2, 0.25) is 0 Å². The second-order valence-corrected chi connectivity index (χ2v) is 8.52. The van der Waals surface area contributed by atoms with Crippen molar-refractivity contribution in [1.29, 1.82) is 0 Å². The molecule has 1 saturated heterocycles. The van der Waals surface area contributed by atoms with E-state index in [4.69, 9.17) is 4.74 Å². The molecule has 1 aliphatic rings. The molecule has 2 aromatic rings. The summed E-state index contributed by atoms with van der Waals surface area (Å²) in [7, 11) is -2.29. The normalized spacial score (nSPS) is 15.8. The van der Waals surface area contributed by atoms with Crippen molar-refractivity contribution in [3.8, 4) is 5.75 Å². The molecule has 3 rings (SSSR count). The smallest absolute Gasteiger partial charge is 0.241 e. The number of methoxy groups -OCH3 is 1. The zero-order valence-corrected chi connectivity index (χ0v) is 17.2. The molecule has 1 heterocycles. The Morgan fingerprint density at radius 3 is 2.17 bits per heavy atom. The standard InChI is InChI=1S/C20H24FN3O4S/c1-15(22-29(26,27)19-9-3-16(21)4-10-19)20(25)24-13-11-23(12-14-24)17-5-7-18(28-2)8-6-17/h3-10,15,22H,11-14H2,1-2H3/t15-/m1/s1. The van der Waals surface area contributed by atoms with Crippen LogP contribution in [0.25, 0.3) is 0 Å². The van der Waals surface area contributed by atoms with E-state index in [9.17, 15) is 17.6 Å². The van der Waals surface area contributed by atoms with Gasteiger partial charge in [-0.1, -0.05) is 0 Å². The molecule has 0 aliphatic carbocycles. The van der Waals surface area contributed by atoms with E-state index in [0.29, 0.717) is 26.2 Å². The van der Waals surface area contributed by atoms with Crippen LogP contribution in [0, 0.1) is 5.82 Å². The minimum absolute atomic E-state index is 0.0807. The van der Waals surface area contributed by atoms with Gasteiger partial charge in [-0.25, -0.2) is 12.8 Å². The number of nitrogens with zero attached hydrogens (tertiary/aromatic N) is 2. The largest absolute Gasteiger partial charge is 0.497 e. The zero-order chi connectivity index (χ0) is 21.0. The van der Waals surface area contributed by atoms with Gasteiger partial charge in [0.05, 0.1) is 18.0 Å². The van der Waals surface area contributed by atoms with Gasteiger partial charge < -0.3 is 14.5 Å². The van der Waals surface area contributed by atoms with Crippen LogP contribution >= 0.6 is 0 Å². The van der Waals surface area contributed by atoms with Crippen molar-refractivity contribution in [3.63, 3.8) is 0 Å². The predicted octanol–water partition coefficient (Wildman–Crippen LogP) is 1.85. The average molecular weight is 421 g/mol. The summed E-state index contributed by atoms with van der Waals surface area (Å²) in [5.74, 6) is -0.0299. The topological polar surface area (TPSA) is 79.0 Å². The Bertz CT molecular complexity index is 941. The molecule has 1 atom stereocenters. The summed E-state index contributed by atoms with van der Waals surface area (Å²) in [6, 6.07) is 11.3. The highest BCUT2D eigenvalue weighted by molar-refractivity contribution is 7.89. The Morgan fingerprint density at radius 1 is 1.03 bits per heavy atom. The van der Waals surface area contributed by atoms with E-state index >= 15 is 0 Å². The van der Waals surface area contributed by atoms with Gasteiger partial charge in [0, 0.05) is 31.9 Å². The number of hydrogen-bond donors (Lipinski definition) is 1. The number of amides is 1. The molecule has 29 heavy (non-hydrogen) atoms. The highest BCUT2D eigenvalue weighted by Crippen LogP contribution is 2.21. The van der Waals surface area contributed by atoms with Crippen LogP contribution in [-0.4, -0.2) is 58.6 Å². The van der Waals surface area contributed by atoms with Gasteiger partial charge in [-0.2, -0.15) is 4.72 Å². The number of sulfonamides is 1. The first-order chi connectivity index (χ1) is 13.8. The summed E-state index contributed by atoms with van der Waals surface area (Å²) >= 11 is 0. The first-order valence-corrected chi connectivity index (χ1v) is 10.7. The monoisotopic (exact) mass is 421 g/mol. The molecule has 0 radical (unpaired) electrons. The van der Waals surface area contributed by atoms with Gasteiger partial charge in [-0.05, 0) is 55.5 Å². The zero-order valence-electron chi connectivity index (χ0n) is 16.3. The maximum absolute atomic E-state index is 13.0. The number of benzene rings is 2. The van der Waals surface area contributed by atoms with E-state index in [0.717, 1.165) is 23.6 Å². The lowest BCUT2D eigenvalue weighted by Crippen LogP contribution is -2.54. The number of halogens is 1. The van der Waals surface area contributed by atoms with E-state index in [-0.39, 0.29) is 10.8 Å². The fraction of sp³-hybridized carbons (Fsp3) is 0.350. The summed E-state index contributed by atoms with van der Waals surface area (Å²) < 4.78 is 45.4. The van der Waals surface area contributed by atoms with Gasteiger partial charge in [0.15, 0.2) is 0 Å². The van der Waals surface area contributed by atoms with Crippen molar-refractivity contribution >= 4 is 21.6 Å². The lowest BCUT2D eigenvalue weighted by atomic mass is 10.2. The number of carbonyl (C=O) groups is 1. The molecule has 0 bridgehead atoms. The quantitative estimate of drug-likeness (QED) is 0.770. The molecule has 1 amide bonds. The second-order valence-electron chi connectivity index (χ2n) is 6.81. The van der Waals surface area contributed by atoms with Crippen LogP contribution in [0.15, 0.2) is 53.4 Å². The fourth-order valence-corrected chi connectivity index (χ4v) is 4.41. The lowest BCUT2D eigenvalue weighted by Gasteiger charge is -2.37. The summed E-state index contributed by atoms with van der Waals surface area (Å²) in [6.07, 6.45) is 0. The van der Waals surface area contributed by atoms with Crippen molar-refractivity contribution in [2.75, 3.05) is 38.2 Å². The number of ether oxygens (including phenoxy) is 1. The first kappa shape index (κ1) is 21.1. The molecule has 0 saturated carbocycles. The molecular formula is C20H24FN3O4S. The Balaban J connectivity index is 1.57. The van der Waals surface area contributed by atoms with Crippen molar-refractivity contribution in [2.45, 2.75) is 17.9 Å². The van der Waals surface area contributed by atoms with Crippen molar-refractivity contribution < 1.29 is 22.3 Å². The van der Waals surface area contributed by atoms with Gasteiger partial charge in [0.1, 0.15) is 11.6 Å². The summed E-state index contributed by atoms with van der Waals surface area (Å²) in [5.41, 5.74) is 1.04. The number of hydrogen-bond acceptors (Lipinski definition) is 5. The number of carbonyl (C=O) groups excluding carboxylic acids is 1.